The van der Waals surface area contributed by atoms with Gasteiger partial charge < -0.3 is 4.74 Å². The van der Waals surface area contributed by atoms with Crippen LogP contribution >= 0.6 is 0 Å². The van der Waals surface area contributed by atoms with Crippen LogP contribution in [0.5, 0.6) is 5.88 Å². The smallest absolute Gasteiger partial charge is 0.240 e. The summed E-state index contributed by atoms with van der Waals surface area (Å²) >= 11 is 0. The van der Waals surface area contributed by atoms with Gasteiger partial charge in [-0.1, -0.05) is 24.3 Å². The summed E-state index contributed by atoms with van der Waals surface area (Å²) < 4.78 is 32.6. The van der Waals surface area contributed by atoms with Crippen molar-refractivity contribution in [1.82, 2.24) is 9.71 Å². The third kappa shape index (κ3) is 4.50. The molecule has 0 saturated carbocycles. The van der Waals surface area contributed by atoms with Crippen LogP contribution in [0.2, 0.25) is 0 Å². The van der Waals surface area contributed by atoms with Crippen molar-refractivity contribution >= 4 is 10.0 Å². The minimum Gasteiger partial charge on any atom is -0.481 e. The molecule has 0 aliphatic heterocycles. The van der Waals surface area contributed by atoms with Crippen molar-refractivity contribution in [3.05, 3.63) is 78.0 Å². The molecule has 0 saturated heterocycles. The van der Waals surface area contributed by atoms with Gasteiger partial charge in [-0.2, -0.15) is 5.26 Å². The molecule has 1 heterocycles. The Labute approximate surface area is 158 Å². The standard InChI is InChI=1S/C20H17N3O3S/c1-26-20-12-16(10-11-22-20)14-23-27(24,25)19-8-6-18(7-9-19)17-4-2-15(13-21)3-5-17/h2-12,23H,14H2,1H3. The Morgan fingerprint density at radius 2 is 1.67 bits per heavy atom. The summed E-state index contributed by atoms with van der Waals surface area (Å²) in [5.74, 6) is 0.429. The first-order valence-electron chi connectivity index (χ1n) is 8.11. The molecule has 6 nitrogen and oxygen atoms in total. The number of nitrogens with one attached hydrogen (secondary N) is 1. The van der Waals surface area contributed by atoms with Gasteiger partial charge in [0.2, 0.25) is 15.9 Å². The Morgan fingerprint density at radius 3 is 2.26 bits per heavy atom. The number of benzene rings is 2. The van der Waals surface area contributed by atoms with Gasteiger partial charge in [-0.3, -0.25) is 0 Å². The molecule has 0 unspecified atom stereocenters. The van der Waals surface area contributed by atoms with Crippen LogP contribution in [-0.4, -0.2) is 20.5 Å². The first-order chi connectivity index (χ1) is 13.0. The molecule has 0 aliphatic carbocycles. The van der Waals surface area contributed by atoms with E-state index in [0.29, 0.717) is 11.4 Å². The molecular weight excluding hydrogens is 362 g/mol. The Morgan fingerprint density at radius 1 is 1.04 bits per heavy atom. The fourth-order valence-electron chi connectivity index (χ4n) is 2.50. The molecule has 0 amide bonds. The van der Waals surface area contributed by atoms with Crippen molar-refractivity contribution in [1.29, 1.82) is 5.26 Å². The first-order valence-corrected chi connectivity index (χ1v) is 9.59. The average molecular weight is 379 g/mol. The SMILES string of the molecule is COc1cc(CNS(=O)(=O)c2ccc(-c3ccc(C#N)cc3)cc2)ccn1. The molecule has 0 bridgehead atoms. The summed E-state index contributed by atoms with van der Waals surface area (Å²) in [6, 6.07) is 19.2. The number of hydrogen-bond acceptors (Lipinski definition) is 5. The quantitative estimate of drug-likeness (QED) is 0.710. The molecule has 0 fully saturated rings. The lowest BCUT2D eigenvalue weighted by atomic mass is 10.0. The van der Waals surface area contributed by atoms with Gasteiger partial charge >= 0.3 is 0 Å². The van der Waals surface area contributed by atoms with Gasteiger partial charge in [0.1, 0.15) is 0 Å². The molecule has 27 heavy (non-hydrogen) atoms. The fraction of sp³-hybridized carbons (Fsp3) is 0.100. The third-order valence-corrected chi connectivity index (χ3v) is 5.40. The third-order valence-electron chi connectivity index (χ3n) is 3.99. The predicted octanol–water partition coefficient (Wildman–Crippen LogP) is 3.11. The molecule has 0 aliphatic rings. The first kappa shape index (κ1) is 18.6. The second-order valence-corrected chi connectivity index (χ2v) is 7.51. The van der Waals surface area contributed by atoms with Crippen LogP contribution in [0.25, 0.3) is 11.1 Å². The van der Waals surface area contributed by atoms with Gasteiger partial charge in [0, 0.05) is 18.8 Å². The summed E-state index contributed by atoms with van der Waals surface area (Å²) in [6.45, 7) is 0.137. The van der Waals surface area contributed by atoms with Crippen LogP contribution in [0.15, 0.2) is 71.8 Å². The minimum atomic E-state index is -3.64. The molecule has 1 aromatic heterocycles. The summed E-state index contributed by atoms with van der Waals surface area (Å²) in [4.78, 5) is 4.17. The Bertz CT molecular complexity index is 1070. The second-order valence-electron chi connectivity index (χ2n) is 5.74. The fourth-order valence-corrected chi connectivity index (χ4v) is 3.52. The number of ether oxygens (including phenoxy) is 1. The lowest BCUT2D eigenvalue weighted by Gasteiger charge is -2.09. The zero-order valence-electron chi connectivity index (χ0n) is 14.6. The van der Waals surface area contributed by atoms with E-state index in [0.717, 1.165) is 16.7 Å². The van der Waals surface area contributed by atoms with Crippen molar-refractivity contribution in [2.75, 3.05) is 7.11 Å². The number of pyridine rings is 1. The van der Waals surface area contributed by atoms with Crippen LogP contribution in [0.1, 0.15) is 11.1 Å². The highest BCUT2D eigenvalue weighted by Crippen LogP contribution is 2.22. The van der Waals surface area contributed by atoms with E-state index in [1.165, 1.54) is 7.11 Å². The Balaban J connectivity index is 1.73. The van der Waals surface area contributed by atoms with E-state index in [9.17, 15) is 8.42 Å². The number of methoxy groups -OCH3 is 1. The normalized spacial score (nSPS) is 11.0. The Hall–Kier alpha value is -3.21. The Kier molecular flexibility index (Phi) is 5.50. The van der Waals surface area contributed by atoms with Gasteiger partial charge in [0.15, 0.2) is 0 Å². The van der Waals surface area contributed by atoms with Crippen molar-refractivity contribution in [3.8, 4) is 23.1 Å². The molecular formula is C20H17N3O3S. The van der Waals surface area contributed by atoms with Crippen molar-refractivity contribution in [2.24, 2.45) is 0 Å². The molecule has 136 valence electrons. The van der Waals surface area contributed by atoms with Gasteiger partial charge in [0.25, 0.3) is 0 Å². The molecule has 2 aromatic carbocycles. The maximum atomic E-state index is 12.5. The van der Waals surface area contributed by atoms with Crippen LogP contribution in [0, 0.1) is 11.3 Å². The van der Waals surface area contributed by atoms with Crippen LogP contribution in [-0.2, 0) is 16.6 Å². The molecule has 0 radical (unpaired) electrons. The number of nitriles is 1. The van der Waals surface area contributed by atoms with Crippen molar-refractivity contribution < 1.29 is 13.2 Å². The van der Waals surface area contributed by atoms with Crippen LogP contribution in [0.4, 0.5) is 0 Å². The average Bonchev–Trinajstić information content (AvgIpc) is 2.73. The zero-order chi connectivity index (χ0) is 19.3. The molecule has 7 heteroatoms. The zero-order valence-corrected chi connectivity index (χ0v) is 15.4. The van der Waals surface area contributed by atoms with Crippen molar-refractivity contribution in [3.63, 3.8) is 0 Å². The van der Waals surface area contributed by atoms with Gasteiger partial charge in [-0.05, 0) is 47.0 Å². The maximum Gasteiger partial charge on any atom is 0.240 e. The topological polar surface area (TPSA) is 92.1 Å². The van der Waals surface area contributed by atoms with Gasteiger partial charge in [-0.15, -0.1) is 0 Å². The highest BCUT2D eigenvalue weighted by molar-refractivity contribution is 7.89. The highest BCUT2D eigenvalue weighted by atomic mass is 32.2. The minimum absolute atomic E-state index is 0.137. The lowest BCUT2D eigenvalue weighted by Crippen LogP contribution is -2.23. The van der Waals surface area contributed by atoms with E-state index in [4.69, 9.17) is 10.00 Å². The molecule has 3 rings (SSSR count). The van der Waals surface area contributed by atoms with Gasteiger partial charge in [-0.25, -0.2) is 18.1 Å². The largest absolute Gasteiger partial charge is 0.481 e. The van der Waals surface area contributed by atoms with E-state index < -0.39 is 10.0 Å². The summed E-state index contributed by atoms with van der Waals surface area (Å²) in [6.07, 6.45) is 1.56. The monoisotopic (exact) mass is 379 g/mol. The van der Waals surface area contributed by atoms with E-state index in [-0.39, 0.29) is 11.4 Å². The van der Waals surface area contributed by atoms with Crippen LogP contribution < -0.4 is 9.46 Å². The van der Waals surface area contributed by atoms with Crippen LogP contribution in [0.3, 0.4) is 0 Å². The summed E-state index contributed by atoms with van der Waals surface area (Å²) in [5.41, 5.74) is 3.11. The van der Waals surface area contributed by atoms with Crippen molar-refractivity contribution in [2.45, 2.75) is 11.4 Å². The van der Waals surface area contributed by atoms with E-state index in [2.05, 4.69) is 15.8 Å². The molecule has 1 N–H and O–H groups in total. The van der Waals surface area contributed by atoms with Gasteiger partial charge in [0.05, 0.1) is 23.6 Å². The predicted molar refractivity (Wildman–Crippen MR) is 101 cm³/mol. The number of hydrogen-bond donors (Lipinski definition) is 1. The maximum absolute atomic E-state index is 12.5. The lowest BCUT2D eigenvalue weighted by molar-refractivity contribution is 0.397. The summed E-state index contributed by atoms with van der Waals surface area (Å²) in [7, 11) is -2.14. The highest BCUT2D eigenvalue weighted by Gasteiger charge is 2.14. The number of sulfonamides is 1. The van der Waals surface area contributed by atoms with E-state index in [1.807, 2.05) is 12.1 Å². The van der Waals surface area contributed by atoms with E-state index in [1.54, 1.807) is 54.7 Å². The summed E-state index contributed by atoms with van der Waals surface area (Å²) in [5, 5.41) is 8.85. The van der Waals surface area contributed by atoms with E-state index >= 15 is 0 Å². The second kappa shape index (κ2) is 7.99. The molecule has 0 atom stereocenters. The number of nitrogens with zero attached hydrogens (tertiary/aromatic N) is 2. The number of rotatable bonds is 6. The molecule has 0 spiro atoms. The number of aromatic nitrogens is 1. The molecule has 3 aromatic rings.